The summed E-state index contributed by atoms with van der Waals surface area (Å²) in [6.07, 6.45) is 1.19. The van der Waals surface area contributed by atoms with E-state index in [1.165, 1.54) is 13.3 Å². The molecule has 0 aliphatic rings. The quantitative estimate of drug-likeness (QED) is 0.591. The molecule has 54 valence electrons. The lowest BCUT2D eigenvalue weighted by atomic mass is 10.4. The maximum Gasteiger partial charge on any atom is 0.330 e. The van der Waals surface area contributed by atoms with Gasteiger partial charge in [-0.1, -0.05) is 0 Å². The summed E-state index contributed by atoms with van der Waals surface area (Å²) in [6, 6.07) is -0.748. The van der Waals surface area contributed by atoms with E-state index in [1.807, 2.05) is 0 Å². The maximum absolute atomic E-state index is 10.3. The number of tetrazole rings is 1. The minimum absolute atomic E-state index is 0.748. The summed E-state index contributed by atoms with van der Waals surface area (Å²) in [5.74, 6) is -0.974. The minimum Gasteiger partial charge on any atom is -0.480 e. The van der Waals surface area contributed by atoms with Crippen molar-refractivity contribution in [2.75, 3.05) is 0 Å². The fourth-order valence-electron chi connectivity index (χ4n) is 0.451. The highest BCUT2D eigenvalue weighted by atomic mass is 16.4. The molecule has 0 amide bonds. The first-order valence-corrected chi connectivity index (χ1v) is 2.67. The zero-order chi connectivity index (χ0) is 7.56. The number of aromatic nitrogens is 4. The second-order valence-corrected chi connectivity index (χ2v) is 1.77. The Morgan fingerprint density at radius 2 is 2.50 bits per heavy atom. The van der Waals surface area contributed by atoms with E-state index in [9.17, 15) is 4.79 Å². The molecule has 1 N–H and O–H groups in total. The van der Waals surface area contributed by atoms with Crippen LogP contribution in [0.1, 0.15) is 13.0 Å². The van der Waals surface area contributed by atoms with Crippen molar-refractivity contribution in [3.8, 4) is 0 Å². The third-order valence-corrected chi connectivity index (χ3v) is 1.07. The van der Waals surface area contributed by atoms with Crippen LogP contribution < -0.4 is 0 Å². The molecule has 1 atom stereocenters. The Morgan fingerprint density at radius 3 is 2.90 bits per heavy atom. The van der Waals surface area contributed by atoms with Crippen LogP contribution in [0.2, 0.25) is 0 Å². The first kappa shape index (κ1) is 6.66. The van der Waals surface area contributed by atoms with E-state index in [0.717, 1.165) is 4.80 Å². The van der Waals surface area contributed by atoms with Crippen molar-refractivity contribution >= 4 is 5.97 Å². The standard InChI is InChI=1S/C4H6N4O2/c1-3(4(9)10)8-6-2-5-7-8/h2-3H,1H3,(H,9,10). The van der Waals surface area contributed by atoms with Gasteiger partial charge >= 0.3 is 5.97 Å². The summed E-state index contributed by atoms with van der Waals surface area (Å²) in [7, 11) is 0. The lowest BCUT2D eigenvalue weighted by Gasteiger charge is -2.00. The van der Waals surface area contributed by atoms with Crippen molar-refractivity contribution in [2.45, 2.75) is 13.0 Å². The Kier molecular flexibility index (Phi) is 1.61. The molecular weight excluding hydrogens is 136 g/mol. The zero-order valence-corrected chi connectivity index (χ0v) is 5.30. The van der Waals surface area contributed by atoms with Crippen molar-refractivity contribution < 1.29 is 9.90 Å². The van der Waals surface area contributed by atoms with Crippen LogP contribution in [0, 0.1) is 0 Å². The summed E-state index contributed by atoms with van der Waals surface area (Å²) in [5.41, 5.74) is 0. The third-order valence-electron chi connectivity index (χ3n) is 1.07. The largest absolute Gasteiger partial charge is 0.480 e. The van der Waals surface area contributed by atoms with Crippen LogP contribution in [0.15, 0.2) is 6.33 Å². The van der Waals surface area contributed by atoms with Crippen LogP contribution in [0.4, 0.5) is 0 Å². The molecule has 6 heteroatoms. The molecule has 1 heterocycles. The van der Waals surface area contributed by atoms with E-state index in [1.54, 1.807) is 0 Å². The highest BCUT2D eigenvalue weighted by molar-refractivity contribution is 5.70. The molecule has 0 aromatic carbocycles. The molecule has 0 radical (unpaired) electrons. The van der Waals surface area contributed by atoms with Crippen LogP contribution in [-0.4, -0.2) is 31.3 Å². The fraction of sp³-hybridized carbons (Fsp3) is 0.500. The van der Waals surface area contributed by atoms with Gasteiger partial charge in [-0.25, -0.2) is 4.79 Å². The summed E-state index contributed by atoms with van der Waals surface area (Å²) in [5, 5.41) is 18.8. The van der Waals surface area contributed by atoms with Gasteiger partial charge in [0.2, 0.25) is 0 Å². The summed E-state index contributed by atoms with van der Waals surface area (Å²) in [6.45, 7) is 1.48. The number of nitrogens with zero attached hydrogens (tertiary/aromatic N) is 4. The second-order valence-electron chi connectivity index (χ2n) is 1.77. The number of carboxylic acids is 1. The molecular formula is C4H6N4O2. The van der Waals surface area contributed by atoms with E-state index in [0.29, 0.717) is 0 Å². The average Bonchev–Trinajstić information content (AvgIpc) is 2.36. The van der Waals surface area contributed by atoms with Gasteiger partial charge in [-0.2, -0.15) is 4.80 Å². The highest BCUT2D eigenvalue weighted by Crippen LogP contribution is 1.97. The monoisotopic (exact) mass is 142 g/mol. The van der Waals surface area contributed by atoms with E-state index in [2.05, 4.69) is 15.4 Å². The Bertz CT molecular complexity index is 219. The zero-order valence-electron chi connectivity index (χ0n) is 5.30. The van der Waals surface area contributed by atoms with Crippen molar-refractivity contribution in [1.29, 1.82) is 0 Å². The van der Waals surface area contributed by atoms with Gasteiger partial charge in [-0.3, -0.25) is 0 Å². The maximum atomic E-state index is 10.3. The van der Waals surface area contributed by atoms with E-state index >= 15 is 0 Å². The number of carbonyl (C=O) groups is 1. The van der Waals surface area contributed by atoms with Gasteiger partial charge in [-0.05, 0) is 12.1 Å². The molecule has 0 bridgehead atoms. The number of aliphatic carboxylic acids is 1. The van der Waals surface area contributed by atoms with Gasteiger partial charge in [0.25, 0.3) is 0 Å². The van der Waals surface area contributed by atoms with Crippen molar-refractivity contribution in [2.24, 2.45) is 0 Å². The lowest BCUT2D eigenvalue weighted by molar-refractivity contribution is -0.141. The predicted molar refractivity (Wildman–Crippen MR) is 30.2 cm³/mol. The van der Waals surface area contributed by atoms with Crippen molar-refractivity contribution in [3.63, 3.8) is 0 Å². The van der Waals surface area contributed by atoms with Crippen LogP contribution in [0.5, 0.6) is 0 Å². The van der Waals surface area contributed by atoms with Gasteiger partial charge in [0.05, 0.1) is 0 Å². The first-order chi connectivity index (χ1) is 4.72. The van der Waals surface area contributed by atoms with Gasteiger partial charge in [0, 0.05) is 0 Å². The highest BCUT2D eigenvalue weighted by Gasteiger charge is 2.13. The topological polar surface area (TPSA) is 80.9 Å². The summed E-state index contributed by atoms with van der Waals surface area (Å²) in [4.78, 5) is 11.3. The normalized spacial score (nSPS) is 12.9. The van der Waals surface area contributed by atoms with Crippen molar-refractivity contribution in [3.05, 3.63) is 6.33 Å². The van der Waals surface area contributed by atoms with Crippen LogP contribution >= 0.6 is 0 Å². The molecule has 10 heavy (non-hydrogen) atoms. The Hall–Kier alpha value is -1.46. The van der Waals surface area contributed by atoms with E-state index < -0.39 is 12.0 Å². The molecule has 1 rings (SSSR count). The molecule has 6 nitrogen and oxygen atoms in total. The Labute approximate surface area is 56.5 Å². The Morgan fingerprint density at radius 1 is 1.80 bits per heavy atom. The van der Waals surface area contributed by atoms with E-state index in [-0.39, 0.29) is 0 Å². The third kappa shape index (κ3) is 1.09. The summed E-state index contributed by atoms with van der Waals surface area (Å²) >= 11 is 0. The molecule has 0 spiro atoms. The predicted octanol–water partition coefficient (Wildman–Crippen LogP) is -0.681. The van der Waals surface area contributed by atoms with Gasteiger partial charge < -0.3 is 5.11 Å². The van der Waals surface area contributed by atoms with Crippen molar-refractivity contribution in [1.82, 2.24) is 20.2 Å². The fourth-order valence-corrected chi connectivity index (χ4v) is 0.451. The summed E-state index contributed by atoms with van der Waals surface area (Å²) < 4.78 is 0. The van der Waals surface area contributed by atoms with Crippen LogP contribution in [-0.2, 0) is 4.79 Å². The molecule has 1 unspecified atom stereocenters. The second kappa shape index (κ2) is 2.42. The van der Waals surface area contributed by atoms with Gasteiger partial charge in [0.1, 0.15) is 0 Å². The first-order valence-electron chi connectivity index (χ1n) is 2.67. The van der Waals surface area contributed by atoms with E-state index in [4.69, 9.17) is 5.11 Å². The average molecular weight is 142 g/mol. The molecule has 0 aliphatic carbocycles. The lowest BCUT2D eigenvalue weighted by Crippen LogP contribution is -2.18. The molecule has 0 fully saturated rings. The van der Waals surface area contributed by atoms with Gasteiger partial charge in [-0.15, -0.1) is 10.2 Å². The minimum atomic E-state index is -0.974. The molecule has 0 aliphatic heterocycles. The number of hydrogen-bond acceptors (Lipinski definition) is 4. The molecule has 1 aromatic heterocycles. The molecule has 0 saturated carbocycles. The number of rotatable bonds is 2. The Balaban J connectivity index is 2.77. The molecule has 1 aromatic rings. The SMILES string of the molecule is CC(C(=O)O)n1ncnn1. The van der Waals surface area contributed by atoms with Gasteiger partial charge in [0.15, 0.2) is 12.4 Å². The number of hydrogen-bond donors (Lipinski definition) is 1. The number of carboxylic acid groups (broad SMARTS) is 1. The van der Waals surface area contributed by atoms with Crippen LogP contribution in [0.3, 0.4) is 0 Å². The molecule has 0 saturated heterocycles. The smallest absolute Gasteiger partial charge is 0.330 e. The van der Waals surface area contributed by atoms with Crippen LogP contribution in [0.25, 0.3) is 0 Å².